The van der Waals surface area contributed by atoms with Crippen molar-refractivity contribution >= 4 is 21.8 Å². The molecule has 2 rings (SSSR count). The lowest BCUT2D eigenvalue weighted by atomic mass is 10.2. The van der Waals surface area contributed by atoms with Gasteiger partial charge in [-0.05, 0) is 54.0 Å². The van der Waals surface area contributed by atoms with E-state index in [1.165, 1.54) is 0 Å². The van der Waals surface area contributed by atoms with Crippen LogP contribution in [0.25, 0.3) is 0 Å². The highest BCUT2D eigenvalue weighted by Gasteiger charge is 2.11. The SMILES string of the molecule is CC(C)N=c1ccccn1C(=O)c1ccccc1Br. The molecule has 2 aromatic rings. The van der Waals surface area contributed by atoms with Gasteiger partial charge in [-0.3, -0.25) is 14.4 Å². The average Bonchev–Trinajstić information content (AvgIpc) is 2.38. The van der Waals surface area contributed by atoms with Crippen LogP contribution in [0.15, 0.2) is 58.1 Å². The molecule has 19 heavy (non-hydrogen) atoms. The molecule has 0 spiro atoms. The van der Waals surface area contributed by atoms with Gasteiger partial charge in [0, 0.05) is 16.7 Å². The Morgan fingerprint density at radius 1 is 1.16 bits per heavy atom. The molecule has 4 heteroatoms. The summed E-state index contributed by atoms with van der Waals surface area (Å²) in [5.74, 6) is -0.0903. The van der Waals surface area contributed by atoms with Crippen molar-refractivity contribution in [2.75, 3.05) is 0 Å². The van der Waals surface area contributed by atoms with Crippen molar-refractivity contribution in [1.82, 2.24) is 4.57 Å². The van der Waals surface area contributed by atoms with Crippen LogP contribution in [0.2, 0.25) is 0 Å². The largest absolute Gasteiger partial charge is 0.268 e. The predicted octanol–water partition coefficient (Wildman–Crippen LogP) is 3.25. The summed E-state index contributed by atoms with van der Waals surface area (Å²) in [7, 11) is 0. The number of carbonyl (C=O) groups is 1. The number of halogens is 1. The summed E-state index contributed by atoms with van der Waals surface area (Å²) in [6.45, 7) is 3.97. The van der Waals surface area contributed by atoms with Gasteiger partial charge < -0.3 is 0 Å². The Morgan fingerprint density at radius 2 is 1.84 bits per heavy atom. The molecule has 0 saturated carbocycles. The van der Waals surface area contributed by atoms with E-state index >= 15 is 0 Å². The number of carbonyl (C=O) groups excluding carboxylic acids is 1. The van der Waals surface area contributed by atoms with E-state index in [0.29, 0.717) is 11.1 Å². The quantitative estimate of drug-likeness (QED) is 0.837. The maximum absolute atomic E-state index is 12.5. The zero-order chi connectivity index (χ0) is 13.8. The number of pyridine rings is 1. The third-order valence-corrected chi connectivity index (χ3v) is 3.24. The van der Waals surface area contributed by atoms with Crippen LogP contribution in [-0.2, 0) is 0 Å². The molecule has 1 aromatic heterocycles. The number of rotatable bonds is 2. The van der Waals surface area contributed by atoms with Gasteiger partial charge in [0.2, 0.25) is 0 Å². The summed E-state index contributed by atoms with van der Waals surface area (Å²) in [6.07, 6.45) is 1.74. The minimum absolute atomic E-state index is 0.0903. The highest BCUT2D eigenvalue weighted by atomic mass is 79.9. The first kappa shape index (κ1) is 13.7. The molecule has 0 amide bonds. The molecule has 0 N–H and O–H groups in total. The monoisotopic (exact) mass is 318 g/mol. The van der Waals surface area contributed by atoms with Crippen LogP contribution in [0.3, 0.4) is 0 Å². The van der Waals surface area contributed by atoms with Crippen molar-refractivity contribution in [3.05, 3.63) is 64.2 Å². The van der Waals surface area contributed by atoms with Crippen LogP contribution >= 0.6 is 15.9 Å². The van der Waals surface area contributed by atoms with E-state index in [-0.39, 0.29) is 11.9 Å². The van der Waals surface area contributed by atoms with Crippen LogP contribution in [0.1, 0.15) is 24.2 Å². The van der Waals surface area contributed by atoms with Crippen LogP contribution in [-0.4, -0.2) is 16.5 Å². The van der Waals surface area contributed by atoms with Gasteiger partial charge in [-0.15, -0.1) is 0 Å². The smallest absolute Gasteiger partial charge is 0.264 e. The summed E-state index contributed by atoms with van der Waals surface area (Å²) in [4.78, 5) is 17.0. The third kappa shape index (κ3) is 3.20. The third-order valence-electron chi connectivity index (χ3n) is 2.55. The van der Waals surface area contributed by atoms with Crippen molar-refractivity contribution < 1.29 is 4.79 Å². The number of nitrogens with zero attached hydrogens (tertiary/aromatic N) is 2. The van der Waals surface area contributed by atoms with Crippen LogP contribution < -0.4 is 5.49 Å². The van der Waals surface area contributed by atoms with Crippen LogP contribution in [0.5, 0.6) is 0 Å². The molecule has 98 valence electrons. The molecule has 1 aromatic carbocycles. The Kier molecular flexibility index (Phi) is 4.32. The fourth-order valence-corrected chi connectivity index (χ4v) is 2.19. The second kappa shape index (κ2) is 5.97. The maximum atomic E-state index is 12.5. The number of hydrogen-bond acceptors (Lipinski definition) is 2. The molecule has 0 atom stereocenters. The highest BCUT2D eigenvalue weighted by Crippen LogP contribution is 2.16. The fourth-order valence-electron chi connectivity index (χ4n) is 1.74. The summed E-state index contributed by atoms with van der Waals surface area (Å²) < 4.78 is 2.35. The van der Waals surface area contributed by atoms with E-state index in [2.05, 4.69) is 20.9 Å². The van der Waals surface area contributed by atoms with E-state index in [0.717, 1.165) is 4.47 Å². The van der Waals surface area contributed by atoms with E-state index in [1.54, 1.807) is 16.8 Å². The van der Waals surface area contributed by atoms with E-state index < -0.39 is 0 Å². The topological polar surface area (TPSA) is 34.4 Å². The normalized spacial score (nSPS) is 11.9. The molecule has 0 aliphatic rings. The molecule has 3 nitrogen and oxygen atoms in total. The lowest BCUT2D eigenvalue weighted by Gasteiger charge is -2.08. The molecular formula is C15H15BrN2O. The standard InChI is InChI=1S/C15H15BrN2O/c1-11(2)17-14-9-5-6-10-18(14)15(19)12-7-3-4-8-13(12)16/h3-11H,1-2H3. The van der Waals surface area contributed by atoms with E-state index in [4.69, 9.17) is 0 Å². The first-order valence-electron chi connectivity index (χ1n) is 6.10. The molecule has 0 bridgehead atoms. The Bertz CT molecular complexity index is 659. The number of aromatic nitrogens is 1. The van der Waals surface area contributed by atoms with Gasteiger partial charge in [0.1, 0.15) is 5.49 Å². The molecule has 1 heterocycles. The maximum Gasteiger partial charge on any atom is 0.264 e. The van der Waals surface area contributed by atoms with Crippen molar-refractivity contribution in [2.45, 2.75) is 19.9 Å². The second-order valence-corrected chi connectivity index (χ2v) is 5.29. The molecule has 0 unspecified atom stereocenters. The first-order chi connectivity index (χ1) is 9.09. The Hall–Kier alpha value is -1.68. The zero-order valence-electron chi connectivity index (χ0n) is 10.9. The number of hydrogen-bond donors (Lipinski definition) is 0. The minimum Gasteiger partial charge on any atom is -0.268 e. The predicted molar refractivity (Wildman–Crippen MR) is 79.0 cm³/mol. The minimum atomic E-state index is -0.0903. The van der Waals surface area contributed by atoms with Crippen LogP contribution in [0.4, 0.5) is 0 Å². The van der Waals surface area contributed by atoms with E-state index in [9.17, 15) is 4.79 Å². The summed E-state index contributed by atoms with van der Waals surface area (Å²) >= 11 is 3.40. The summed E-state index contributed by atoms with van der Waals surface area (Å²) in [5, 5.41) is 0. The summed E-state index contributed by atoms with van der Waals surface area (Å²) in [6, 6.07) is 13.1. The molecule has 0 radical (unpaired) electrons. The number of benzene rings is 1. The Balaban J connectivity index is 2.55. The van der Waals surface area contributed by atoms with Gasteiger partial charge in [0.25, 0.3) is 5.91 Å². The van der Waals surface area contributed by atoms with Gasteiger partial charge >= 0.3 is 0 Å². The van der Waals surface area contributed by atoms with Crippen molar-refractivity contribution in [3.8, 4) is 0 Å². The second-order valence-electron chi connectivity index (χ2n) is 4.44. The highest BCUT2D eigenvalue weighted by molar-refractivity contribution is 9.10. The van der Waals surface area contributed by atoms with Gasteiger partial charge in [-0.25, -0.2) is 0 Å². The van der Waals surface area contributed by atoms with Gasteiger partial charge in [-0.2, -0.15) is 0 Å². The lowest BCUT2D eigenvalue weighted by molar-refractivity contribution is 0.0954. The zero-order valence-corrected chi connectivity index (χ0v) is 12.5. The van der Waals surface area contributed by atoms with E-state index in [1.807, 2.05) is 50.2 Å². The van der Waals surface area contributed by atoms with Gasteiger partial charge in [0.05, 0.1) is 5.56 Å². The molecular weight excluding hydrogens is 304 g/mol. The molecule has 0 aliphatic heterocycles. The van der Waals surface area contributed by atoms with Crippen molar-refractivity contribution in [3.63, 3.8) is 0 Å². The molecule has 0 saturated heterocycles. The van der Waals surface area contributed by atoms with Crippen molar-refractivity contribution in [1.29, 1.82) is 0 Å². The summed E-state index contributed by atoms with van der Waals surface area (Å²) in [5.41, 5.74) is 1.29. The Morgan fingerprint density at radius 3 is 2.53 bits per heavy atom. The van der Waals surface area contributed by atoms with Crippen molar-refractivity contribution in [2.24, 2.45) is 4.99 Å². The van der Waals surface area contributed by atoms with Crippen LogP contribution in [0, 0.1) is 0 Å². The van der Waals surface area contributed by atoms with Gasteiger partial charge in [-0.1, -0.05) is 18.2 Å². The average molecular weight is 319 g/mol. The van der Waals surface area contributed by atoms with Gasteiger partial charge in [0.15, 0.2) is 0 Å². The molecule has 0 aliphatic carbocycles. The first-order valence-corrected chi connectivity index (χ1v) is 6.89. The Labute approximate surface area is 120 Å². The lowest BCUT2D eigenvalue weighted by Crippen LogP contribution is -2.28. The molecule has 0 fully saturated rings. The fraction of sp³-hybridized carbons (Fsp3) is 0.200.